The first-order valence-electron chi connectivity index (χ1n) is 9.16. The fraction of sp³-hybridized carbons (Fsp3) is 0.526. The molecule has 1 aromatic heterocycles. The van der Waals surface area contributed by atoms with Crippen LogP contribution in [-0.4, -0.2) is 55.2 Å². The molecule has 154 valence electrons. The number of rotatable bonds is 10. The summed E-state index contributed by atoms with van der Waals surface area (Å²) in [5.41, 5.74) is 1.02. The molecule has 1 heterocycles. The molecule has 0 aliphatic heterocycles. The van der Waals surface area contributed by atoms with Crippen molar-refractivity contribution in [3.8, 4) is 11.5 Å². The minimum atomic E-state index is 0.498. The van der Waals surface area contributed by atoms with E-state index in [0.29, 0.717) is 37.2 Å². The van der Waals surface area contributed by atoms with Crippen LogP contribution < -0.4 is 20.1 Å². The summed E-state index contributed by atoms with van der Waals surface area (Å²) in [5.74, 6) is 3.80. The zero-order valence-electron chi connectivity index (χ0n) is 17.3. The van der Waals surface area contributed by atoms with Crippen LogP contribution in [0.1, 0.15) is 23.6 Å². The van der Waals surface area contributed by atoms with Crippen LogP contribution >= 0.6 is 0 Å². The van der Waals surface area contributed by atoms with Gasteiger partial charge in [-0.2, -0.15) is 0 Å². The third-order valence-corrected chi connectivity index (χ3v) is 4.28. The maximum atomic E-state index is 5.36. The van der Waals surface area contributed by atoms with Gasteiger partial charge < -0.3 is 29.4 Å². The first kappa shape index (κ1) is 21.5. The highest BCUT2D eigenvalue weighted by Gasteiger charge is 2.07. The molecule has 28 heavy (non-hydrogen) atoms. The summed E-state index contributed by atoms with van der Waals surface area (Å²) in [6, 6.07) is 5.78. The van der Waals surface area contributed by atoms with Crippen molar-refractivity contribution in [2.45, 2.75) is 26.4 Å². The Morgan fingerprint density at radius 2 is 1.89 bits per heavy atom. The Morgan fingerprint density at radius 1 is 1.11 bits per heavy atom. The van der Waals surface area contributed by atoms with Crippen LogP contribution in [-0.2, 0) is 24.9 Å². The normalized spacial score (nSPS) is 11.4. The molecule has 9 heteroatoms. The average Bonchev–Trinajstić information content (AvgIpc) is 3.04. The summed E-state index contributed by atoms with van der Waals surface area (Å²) >= 11 is 0. The van der Waals surface area contributed by atoms with Crippen LogP contribution in [0.2, 0.25) is 0 Å². The number of guanidine groups is 1. The standard InChI is InChI=1S/C19H30N6O3/c1-14-23-24-18(25(14)2)13-22-19(20-9-6-10-26-3)21-12-15-7-8-16(27-4)17(11-15)28-5/h7-8,11H,6,9-10,12-13H2,1-5H3,(H2,20,21,22). The third kappa shape index (κ3) is 6.12. The molecule has 0 bridgehead atoms. The molecule has 0 atom stereocenters. The van der Waals surface area contributed by atoms with Crippen molar-refractivity contribution < 1.29 is 14.2 Å². The van der Waals surface area contributed by atoms with Crippen molar-refractivity contribution in [2.75, 3.05) is 34.5 Å². The largest absolute Gasteiger partial charge is 0.493 e. The summed E-state index contributed by atoms with van der Waals surface area (Å²) in [5, 5.41) is 14.9. The van der Waals surface area contributed by atoms with Crippen molar-refractivity contribution in [2.24, 2.45) is 12.0 Å². The van der Waals surface area contributed by atoms with Gasteiger partial charge in [0.05, 0.1) is 27.3 Å². The number of ether oxygens (including phenoxy) is 3. The summed E-state index contributed by atoms with van der Waals surface area (Å²) in [6.45, 7) is 4.39. The molecule has 0 amide bonds. The molecule has 2 N–H and O–H groups in total. The second kappa shape index (κ2) is 11.1. The number of aliphatic imine (C=N–C) groups is 1. The molecule has 0 radical (unpaired) electrons. The number of aryl methyl sites for hydroxylation is 1. The highest BCUT2D eigenvalue weighted by Crippen LogP contribution is 2.27. The van der Waals surface area contributed by atoms with E-state index in [-0.39, 0.29) is 0 Å². The number of benzene rings is 1. The number of nitrogens with zero attached hydrogens (tertiary/aromatic N) is 4. The number of hydrogen-bond acceptors (Lipinski definition) is 6. The highest BCUT2D eigenvalue weighted by molar-refractivity contribution is 5.79. The summed E-state index contributed by atoms with van der Waals surface area (Å²) in [6.07, 6.45) is 0.886. The van der Waals surface area contributed by atoms with Crippen LogP contribution in [0.15, 0.2) is 23.2 Å². The molecule has 0 spiro atoms. The molecule has 2 rings (SSSR count). The molecule has 0 unspecified atom stereocenters. The van der Waals surface area contributed by atoms with Gasteiger partial charge in [-0.1, -0.05) is 6.07 Å². The number of nitrogens with one attached hydrogen (secondary N) is 2. The van der Waals surface area contributed by atoms with Crippen LogP contribution in [0, 0.1) is 6.92 Å². The van der Waals surface area contributed by atoms with Gasteiger partial charge in [0.1, 0.15) is 5.82 Å². The Labute approximate surface area is 166 Å². The minimum absolute atomic E-state index is 0.498. The predicted octanol–water partition coefficient (Wildman–Crippen LogP) is 1.41. The lowest BCUT2D eigenvalue weighted by atomic mass is 10.2. The topological polar surface area (TPSA) is 94.8 Å². The molecule has 2 aromatic rings. The Kier molecular flexibility index (Phi) is 8.54. The van der Waals surface area contributed by atoms with E-state index in [4.69, 9.17) is 14.2 Å². The smallest absolute Gasteiger partial charge is 0.191 e. The third-order valence-electron chi connectivity index (χ3n) is 4.28. The monoisotopic (exact) mass is 390 g/mol. The second-order valence-corrected chi connectivity index (χ2v) is 6.20. The van der Waals surface area contributed by atoms with Crippen LogP contribution in [0.3, 0.4) is 0 Å². The summed E-state index contributed by atoms with van der Waals surface area (Å²) in [7, 11) is 6.88. The van der Waals surface area contributed by atoms with Gasteiger partial charge in [0.2, 0.25) is 0 Å². The van der Waals surface area contributed by atoms with Gasteiger partial charge in [-0.15, -0.1) is 10.2 Å². The van der Waals surface area contributed by atoms with E-state index in [2.05, 4.69) is 25.8 Å². The number of hydrogen-bond donors (Lipinski definition) is 2. The zero-order valence-corrected chi connectivity index (χ0v) is 17.3. The number of methoxy groups -OCH3 is 3. The first-order chi connectivity index (χ1) is 13.6. The zero-order chi connectivity index (χ0) is 20.4. The van der Waals surface area contributed by atoms with Gasteiger partial charge in [-0.3, -0.25) is 0 Å². The maximum absolute atomic E-state index is 5.36. The molecule has 9 nitrogen and oxygen atoms in total. The molecule has 0 saturated heterocycles. The average molecular weight is 390 g/mol. The van der Waals surface area contributed by atoms with E-state index in [1.807, 2.05) is 36.7 Å². The van der Waals surface area contributed by atoms with E-state index >= 15 is 0 Å². The van der Waals surface area contributed by atoms with E-state index in [1.165, 1.54) is 0 Å². The Morgan fingerprint density at radius 3 is 2.54 bits per heavy atom. The fourth-order valence-corrected chi connectivity index (χ4v) is 2.51. The molecule has 1 aromatic carbocycles. The minimum Gasteiger partial charge on any atom is -0.493 e. The van der Waals surface area contributed by atoms with Crippen molar-refractivity contribution in [3.63, 3.8) is 0 Å². The lowest BCUT2D eigenvalue weighted by Crippen LogP contribution is -2.38. The Bertz CT molecular complexity index is 775. The van der Waals surface area contributed by atoms with E-state index in [9.17, 15) is 0 Å². The van der Waals surface area contributed by atoms with Crippen molar-refractivity contribution in [1.29, 1.82) is 0 Å². The maximum Gasteiger partial charge on any atom is 0.191 e. The van der Waals surface area contributed by atoms with Gasteiger partial charge in [0.25, 0.3) is 0 Å². The second-order valence-electron chi connectivity index (χ2n) is 6.20. The van der Waals surface area contributed by atoms with Gasteiger partial charge in [0.15, 0.2) is 23.3 Å². The highest BCUT2D eigenvalue weighted by atomic mass is 16.5. The number of aromatic nitrogens is 3. The molecule has 0 saturated carbocycles. The SMILES string of the molecule is COCCCNC(=NCc1ccc(OC)c(OC)c1)NCc1nnc(C)n1C. The Hall–Kier alpha value is -2.81. The molecule has 0 aliphatic rings. The lowest BCUT2D eigenvalue weighted by Gasteiger charge is -2.13. The van der Waals surface area contributed by atoms with E-state index < -0.39 is 0 Å². The van der Waals surface area contributed by atoms with Crippen LogP contribution in [0.4, 0.5) is 0 Å². The first-order valence-corrected chi connectivity index (χ1v) is 9.16. The summed E-state index contributed by atoms with van der Waals surface area (Å²) in [4.78, 5) is 4.67. The lowest BCUT2D eigenvalue weighted by molar-refractivity contribution is 0.195. The van der Waals surface area contributed by atoms with Gasteiger partial charge in [-0.05, 0) is 31.0 Å². The predicted molar refractivity (Wildman–Crippen MR) is 108 cm³/mol. The van der Waals surface area contributed by atoms with Gasteiger partial charge in [-0.25, -0.2) is 4.99 Å². The van der Waals surface area contributed by atoms with Crippen molar-refractivity contribution >= 4 is 5.96 Å². The van der Waals surface area contributed by atoms with Crippen LogP contribution in [0.25, 0.3) is 0 Å². The van der Waals surface area contributed by atoms with Crippen LogP contribution in [0.5, 0.6) is 11.5 Å². The molecular weight excluding hydrogens is 360 g/mol. The van der Waals surface area contributed by atoms with E-state index in [1.54, 1.807) is 21.3 Å². The van der Waals surface area contributed by atoms with Crippen molar-refractivity contribution in [3.05, 3.63) is 35.4 Å². The molecule has 0 fully saturated rings. The van der Waals surface area contributed by atoms with Crippen molar-refractivity contribution in [1.82, 2.24) is 25.4 Å². The molecular formula is C19H30N6O3. The van der Waals surface area contributed by atoms with E-state index in [0.717, 1.165) is 30.2 Å². The fourth-order valence-electron chi connectivity index (χ4n) is 2.51. The van der Waals surface area contributed by atoms with Gasteiger partial charge >= 0.3 is 0 Å². The Balaban J connectivity index is 2.05. The quantitative estimate of drug-likeness (QED) is 0.360. The molecule has 0 aliphatic carbocycles. The summed E-state index contributed by atoms with van der Waals surface area (Å²) < 4.78 is 17.7. The van der Waals surface area contributed by atoms with Gasteiger partial charge in [0, 0.05) is 27.3 Å².